The fourth-order valence-corrected chi connectivity index (χ4v) is 10.8. The van der Waals surface area contributed by atoms with Gasteiger partial charge in [-0.05, 0) is 63.7 Å². The largest absolute Gasteiger partial charge is 0.455 e. The Bertz CT molecular complexity index is 757. The summed E-state index contributed by atoms with van der Waals surface area (Å²) in [7, 11) is 0. The van der Waals surface area contributed by atoms with Gasteiger partial charge in [0.15, 0.2) is 17.8 Å². The third kappa shape index (κ3) is 3.60. The van der Waals surface area contributed by atoms with Crippen molar-refractivity contribution in [3.8, 4) is 0 Å². The second-order valence-electron chi connectivity index (χ2n) is 9.61. The molecule has 0 aromatic rings. The number of hydrogen-bond donors (Lipinski definition) is 0. The number of thioether (sulfide) groups is 2. The van der Waals surface area contributed by atoms with Crippen LogP contribution in [0.2, 0.25) is 0 Å². The second-order valence-corrected chi connectivity index (χ2v) is 12.7. The molecule has 2 heterocycles. The summed E-state index contributed by atoms with van der Waals surface area (Å²) in [5.74, 6) is -4.42. The second kappa shape index (κ2) is 7.46. The van der Waals surface area contributed by atoms with Crippen molar-refractivity contribution in [1.82, 2.24) is 0 Å². The Kier molecular flexibility index (Phi) is 5.35. The van der Waals surface area contributed by atoms with Gasteiger partial charge in [0.1, 0.15) is 5.60 Å². The van der Waals surface area contributed by atoms with Crippen molar-refractivity contribution >= 4 is 35.5 Å². The Morgan fingerprint density at radius 2 is 1.94 bits per heavy atom. The number of alkyl halides is 2. The van der Waals surface area contributed by atoms with Gasteiger partial charge in [0.2, 0.25) is 0 Å². The number of rotatable bonds is 6. The molecular formula is C21H28F2O6S2. The first-order valence-corrected chi connectivity index (χ1v) is 12.8. The Morgan fingerprint density at radius 3 is 2.55 bits per heavy atom. The molecule has 0 aromatic carbocycles. The van der Waals surface area contributed by atoms with Crippen LogP contribution < -0.4 is 0 Å². The fraction of sp³-hybridized carbons (Fsp3) is 0.905. The smallest absolute Gasteiger partial charge is 0.377 e. The van der Waals surface area contributed by atoms with Crippen molar-refractivity contribution in [1.29, 1.82) is 0 Å². The molecule has 4 saturated carbocycles. The maximum Gasteiger partial charge on any atom is 0.377 e. The number of ether oxygens (including phenoxy) is 4. The average molecular weight is 479 g/mol. The van der Waals surface area contributed by atoms with Crippen LogP contribution in [0.4, 0.5) is 8.78 Å². The van der Waals surface area contributed by atoms with E-state index in [1.807, 2.05) is 6.92 Å². The van der Waals surface area contributed by atoms with Crippen LogP contribution in [0.5, 0.6) is 0 Å². The third-order valence-electron chi connectivity index (χ3n) is 7.33. The molecule has 0 aromatic heterocycles. The lowest BCUT2D eigenvalue weighted by Crippen LogP contribution is -2.62. The normalized spacial score (nSPS) is 46.3. The van der Waals surface area contributed by atoms with Gasteiger partial charge in [0.25, 0.3) is 0 Å². The van der Waals surface area contributed by atoms with E-state index >= 15 is 0 Å². The van der Waals surface area contributed by atoms with Crippen LogP contribution in [0.25, 0.3) is 0 Å². The van der Waals surface area contributed by atoms with Crippen molar-refractivity contribution in [3.63, 3.8) is 0 Å². The zero-order valence-corrected chi connectivity index (χ0v) is 19.4. The molecule has 6 atom stereocenters. The summed E-state index contributed by atoms with van der Waals surface area (Å²) in [6.07, 6.45) is 2.67. The molecule has 0 radical (unpaired) electrons. The number of hydrogen-bond acceptors (Lipinski definition) is 8. The van der Waals surface area contributed by atoms with Crippen molar-refractivity contribution in [2.75, 3.05) is 6.61 Å². The summed E-state index contributed by atoms with van der Waals surface area (Å²) in [5, 5.41) is -0.128. The summed E-state index contributed by atoms with van der Waals surface area (Å²) in [4.78, 5) is 24.4. The van der Waals surface area contributed by atoms with E-state index in [9.17, 15) is 18.4 Å². The summed E-state index contributed by atoms with van der Waals surface area (Å²) >= 11 is 3.46. The lowest BCUT2D eigenvalue weighted by molar-refractivity contribution is -0.208. The number of esters is 2. The Hall–Kier alpha value is -0.580. The molecule has 10 heteroatoms. The number of carbonyl (C=O) groups excluding carboxylic acids is 2. The molecule has 174 valence electrons. The van der Waals surface area contributed by atoms with Crippen molar-refractivity contribution < 1.29 is 37.3 Å². The van der Waals surface area contributed by atoms with Crippen molar-refractivity contribution in [3.05, 3.63) is 0 Å². The standard InChI is InChI=1S/C21H28F2O6S2/c1-4-26-10(2)27-14-15-17(28-16(14)24)31-21(30-15)12-5-11-6-13(21)9-20(7-11,8-12)29-18(25)19(3,22)23/h10-15,17H,4-9H2,1-3H3. The first-order chi connectivity index (χ1) is 14.6. The lowest BCUT2D eigenvalue weighted by Gasteiger charge is -2.63. The molecule has 6 rings (SSSR count). The van der Waals surface area contributed by atoms with E-state index in [1.54, 1.807) is 30.4 Å². The highest BCUT2D eigenvalue weighted by atomic mass is 32.2. The predicted molar refractivity (Wildman–Crippen MR) is 111 cm³/mol. The van der Waals surface area contributed by atoms with Gasteiger partial charge in [-0.1, -0.05) is 11.8 Å². The molecule has 1 spiro atoms. The van der Waals surface area contributed by atoms with E-state index in [2.05, 4.69) is 0 Å². The maximum atomic E-state index is 13.5. The Balaban J connectivity index is 1.34. The van der Waals surface area contributed by atoms with Gasteiger partial charge in [-0.15, -0.1) is 11.8 Å². The van der Waals surface area contributed by atoms with E-state index < -0.39 is 29.9 Å². The third-order valence-corrected chi connectivity index (χ3v) is 11.5. The molecular weight excluding hydrogens is 450 g/mol. The minimum absolute atomic E-state index is 0.128. The lowest BCUT2D eigenvalue weighted by atomic mass is 9.53. The monoisotopic (exact) mass is 478 g/mol. The van der Waals surface area contributed by atoms with Gasteiger partial charge in [-0.25, -0.2) is 9.59 Å². The summed E-state index contributed by atoms with van der Waals surface area (Å²) < 4.78 is 49.4. The first-order valence-electron chi connectivity index (χ1n) is 11.0. The molecule has 0 N–H and O–H groups in total. The average Bonchev–Trinajstić information content (AvgIpc) is 3.15. The van der Waals surface area contributed by atoms with E-state index in [1.165, 1.54) is 0 Å². The zero-order chi connectivity index (χ0) is 22.2. The quantitative estimate of drug-likeness (QED) is 0.420. The van der Waals surface area contributed by atoms with E-state index in [-0.39, 0.29) is 32.6 Å². The van der Waals surface area contributed by atoms with Gasteiger partial charge >= 0.3 is 17.9 Å². The van der Waals surface area contributed by atoms with Crippen LogP contribution >= 0.6 is 23.5 Å². The molecule has 2 saturated heterocycles. The van der Waals surface area contributed by atoms with Crippen LogP contribution in [0.1, 0.15) is 52.9 Å². The van der Waals surface area contributed by atoms with Gasteiger partial charge < -0.3 is 18.9 Å². The molecule has 2 aliphatic heterocycles. The number of halogens is 2. The zero-order valence-electron chi connectivity index (χ0n) is 17.8. The molecule has 6 aliphatic rings. The van der Waals surface area contributed by atoms with Gasteiger partial charge in [0, 0.05) is 13.5 Å². The fourth-order valence-electron chi connectivity index (χ4n) is 6.42. The minimum atomic E-state index is -3.48. The van der Waals surface area contributed by atoms with Gasteiger partial charge in [-0.2, -0.15) is 8.78 Å². The molecule has 31 heavy (non-hydrogen) atoms. The maximum absolute atomic E-state index is 13.5. The van der Waals surface area contributed by atoms with E-state index in [0.717, 1.165) is 12.8 Å². The topological polar surface area (TPSA) is 71.1 Å². The van der Waals surface area contributed by atoms with Crippen molar-refractivity contribution in [2.45, 2.75) is 91.6 Å². The molecule has 6 fully saturated rings. The van der Waals surface area contributed by atoms with Crippen LogP contribution in [0, 0.1) is 17.8 Å². The number of carbonyl (C=O) groups is 2. The predicted octanol–water partition coefficient (Wildman–Crippen LogP) is 3.96. The molecule has 6 nitrogen and oxygen atoms in total. The Morgan fingerprint density at radius 1 is 1.26 bits per heavy atom. The van der Waals surface area contributed by atoms with Crippen LogP contribution in [0.15, 0.2) is 0 Å². The van der Waals surface area contributed by atoms with Crippen LogP contribution in [0.3, 0.4) is 0 Å². The summed E-state index contributed by atoms with van der Waals surface area (Å²) in [6, 6.07) is 0. The highest BCUT2D eigenvalue weighted by molar-refractivity contribution is 8.22. The summed E-state index contributed by atoms with van der Waals surface area (Å²) in [5.41, 5.74) is -1.07. The first kappa shape index (κ1) is 22.2. The molecule has 4 bridgehead atoms. The molecule has 4 aliphatic carbocycles. The summed E-state index contributed by atoms with van der Waals surface area (Å²) in [6.45, 7) is 4.73. The minimum Gasteiger partial charge on any atom is -0.455 e. The van der Waals surface area contributed by atoms with E-state index in [4.69, 9.17) is 18.9 Å². The highest BCUT2D eigenvalue weighted by Gasteiger charge is 2.70. The molecule has 6 unspecified atom stereocenters. The van der Waals surface area contributed by atoms with Gasteiger partial charge in [0.05, 0.1) is 9.33 Å². The van der Waals surface area contributed by atoms with Crippen LogP contribution in [-0.4, -0.2) is 57.2 Å². The SMILES string of the molecule is CCOC(C)OC1C(=O)OC2SC3(SC21)C1CC2CC3CC(OC(=O)C(C)(F)F)(C2)C1. The number of fused-ring (bicyclic) bond motifs is 1. The highest BCUT2D eigenvalue weighted by Crippen LogP contribution is 2.74. The van der Waals surface area contributed by atoms with Crippen LogP contribution in [-0.2, 0) is 28.5 Å². The van der Waals surface area contributed by atoms with E-state index in [0.29, 0.717) is 38.7 Å². The molecule has 0 amide bonds. The Labute approximate surface area is 188 Å². The van der Waals surface area contributed by atoms with Gasteiger partial charge in [-0.3, -0.25) is 0 Å². The van der Waals surface area contributed by atoms with Crippen molar-refractivity contribution in [2.24, 2.45) is 17.8 Å².